The molecule has 31 heavy (non-hydrogen) atoms. The number of hydrogen-bond donors (Lipinski definition) is 1. The molecular formula is C20H20N4O6S. The van der Waals surface area contributed by atoms with Crippen LogP contribution in [-0.4, -0.2) is 56.4 Å². The van der Waals surface area contributed by atoms with Crippen molar-refractivity contribution < 1.29 is 28.5 Å². The van der Waals surface area contributed by atoms with E-state index in [0.717, 1.165) is 0 Å². The molecule has 0 bridgehead atoms. The van der Waals surface area contributed by atoms with Crippen molar-refractivity contribution in [1.29, 1.82) is 0 Å². The van der Waals surface area contributed by atoms with Crippen molar-refractivity contribution in [2.45, 2.75) is 44.2 Å². The number of fused-ring (bicyclic) bond motifs is 2. The molecule has 0 amide bonds. The van der Waals surface area contributed by atoms with E-state index in [9.17, 15) is 4.79 Å². The van der Waals surface area contributed by atoms with E-state index < -0.39 is 36.5 Å². The average Bonchev–Trinajstić information content (AvgIpc) is 3.39. The quantitative estimate of drug-likeness (QED) is 0.369. The van der Waals surface area contributed by atoms with Crippen LogP contribution in [0.2, 0.25) is 0 Å². The molecule has 2 aromatic heterocycles. The fraction of sp³-hybridized carbons (Fsp3) is 0.400. The lowest BCUT2D eigenvalue weighted by Crippen LogP contribution is -2.34. The molecule has 10 nitrogen and oxygen atoms in total. The number of carbonyl (C=O) groups is 1. The van der Waals surface area contributed by atoms with Gasteiger partial charge >= 0.3 is 6.16 Å². The summed E-state index contributed by atoms with van der Waals surface area (Å²) < 4.78 is 31.0. The molecule has 162 valence electrons. The predicted octanol–water partition coefficient (Wildman–Crippen LogP) is 3.12. The molecule has 2 aliphatic heterocycles. The number of aromatic amines is 1. The van der Waals surface area contributed by atoms with Gasteiger partial charge in [-0.05, 0) is 26.0 Å². The Morgan fingerprint density at radius 3 is 2.81 bits per heavy atom. The molecule has 11 heteroatoms. The Hall–Kier alpha value is -2.86. The third-order valence-corrected chi connectivity index (χ3v) is 5.39. The lowest BCUT2D eigenvalue weighted by Gasteiger charge is -2.24. The molecule has 1 N–H and O–H groups in total. The smallest absolute Gasteiger partial charge is 0.431 e. The molecule has 3 aromatic rings. The highest BCUT2D eigenvalue weighted by atomic mass is 32.1. The van der Waals surface area contributed by atoms with E-state index in [4.69, 9.17) is 35.9 Å². The summed E-state index contributed by atoms with van der Waals surface area (Å²) in [5.41, 5.74) is 1.21. The Kier molecular flexibility index (Phi) is 4.97. The van der Waals surface area contributed by atoms with E-state index in [0.29, 0.717) is 21.6 Å². The lowest BCUT2D eigenvalue weighted by molar-refractivity contribution is -0.200. The summed E-state index contributed by atoms with van der Waals surface area (Å²) in [4.78, 5) is 23.5. The van der Waals surface area contributed by atoms with Crippen molar-refractivity contribution in [1.82, 2.24) is 19.5 Å². The minimum atomic E-state index is -0.823. The first-order chi connectivity index (χ1) is 14.9. The van der Waals surface area contributed by atoms with Crippen molar-refractivity contribution in [2.75, 3.05) is 6.61 Å². The summed E-state index contributed by atoms with van der Waals surface area (Å²) in [7, 11) is 0. The van der Waals surface area contributed by atoms with Gasteiger partial charge in [0.2, 0.25) is 0 Å². The maximum Gasteiger partial charge on any atom is 0.513 e. The van der Waals surface area contributed by atoms with Gasteiger partial charge in [-0.2, -0.15) is 0 Å². The van der Waals surface area contributed by atoms with E-state index >= 15 is 0 Å². The van der Waals surface area contributed by atoms with Gasteiger partial charge in [0.15, 0.2) is 16.7 Å². The molecular weight excluding hydrogens is 424 g/mol. The van der Waals surface area contributed by atoms with Gasteiger partial charge in [-0.1, -0.05) is 30.4 Å². The zero-order valence-corrected chi connectivity index (χ0v) is 17.6. The van der Waals surface area contributed by atoms with Crippen LogP contribution in [0, 0.1) is 4.64 Å². The maximum absolute atomic E-state index is 12.1. The number of carbonyl (C=O) groups excluding carboxylic acids is 1. The third kappa shape index (κ3) is 3.81. The van der Waals surface area contributed by atoms with E-state index in [1.165, 1.54) is 6.33 Å². The molecule has 4 atom stereocenters. The fourth-order valence-electron chi connectivity index (χ4n) is 3.85. The summed E-state index contributed by atoms with van der Waals surface area (Å²) >= 11 is 5.24. The number of aromatic nitrogens is 4. The number of rotatable bonds is 4. The molecule has 0 saturated carbocycles. The van der Waals surface area contributed by atoms with Gasteiger partial charge in [0.1, 0.15) is 41.8 Å². The standard InChI is InChI=1S/C20H20N4O6S/c1-20(2)29-14-12(8-26-19(25)27-11-6-4-3-5-7-11)28-18(15(14)30-20)24-10-23-13-16(24)21-9-22-17(13)31/h3-7,9-10,12,14-15,18H,8H2,1-2H3,(H,21,22,31). The number of imidazole rings is 1. The Morgan fingerprint density at radius 2 is 2.00 bits per heavy atom. The maximum atomic E-state index is 12.1. The monoisotopic (exact) mass is 444 g/mol. The van der Waals surface area contributed by atoms with Crippen LogP contribution in [0.25, 0.3) is 11.2 Å². The summed E-state index contributed by atoms with van der Waals surface area (Å²) in [5, 5.41) is 0. The minimum Gasteiger partial charge on any atom is -0.431 e. The molecule has 2 fully saturated rings. The van der Waals surface area contributed by atoms with Crippen LogP contribution >= 0.6 is 12.2 Å². The van der Waals surface area contributed by atoms with Crippen molar-refractivity contribution >= 4 is 29.5 Å². The number of benzene rings is 1. The van der Waals surface area contributed by atoms with Crippen LogP contribution in [0.4, 0.5) is 4.79 Å². The summed E-state index contributed by atoms with van der Waals surface area (Å²) in [5.74, 6) is -0.420. The number of nitrogens with one attached hydrogen (secondary N) is 1. The Labute approximate surface area is 182 Å². The van der Waals surface area contributed by atoms with Crippen molar-refractivity contribution in [2.24, 2.45) is 0 Å². The van der Waals surface area contributed by atoms with E-state index in [-0.39, 0.29) is 6.61 Å². The highest BCUT2D eigenvalue weighted by Crippen LogP contribution is 2.43. The summed E-state index contributed by atoms with van der Waals surface area (Å²) in [6.07, 6.45) is 0.267. The number of H-pyrrole nitrogens is 1. The van der Waals surface area contributed by atoms with E-state index in [2.05, 4.69) is 15.0 Å². The number of hydrogen-bond acceptors (Lipinski definition) is 9. The molecule has 1 aromatic carbocycles. The number of ether oxygens (including phenoxy) is 5. The molecule has 4 unspecified atom stereocenters. The van der Waals surface area contributed by atoms with Crippen molar-refractivity contribution in [3.63, 3.8) is 0 Å². The Bertz CT molecular complexity index is 1160. The highest BCUT2D eigenvalue weighted by molar-refractivity contribution is 7.71. The molecule has 0 radical (unpaired) electrons. The van der Waals surface area contributed by atoms with Crippen LogP contribution in [0.5, 0.6) is 5.75 Å². The normalized spacial score (nSPS) is 26.6. The van der Waals surface area contributed by atoms with E-state index in [1.807, 2.05) is 19.9 Å². The minimum absolute atomic E-state index is 0.0625. The molecule has 0 aliphatic carbocycles. The Balaban J connectivity index is 1.35. The molecule has 2 saturated heterocycles. The summed E-state index contributed by atoms with van der Waals surface area (Å²) in [6, 6.07) is 8.68. The second-order valence-electron chi connectivity index (χ2n) is 7.66. The van der Waals surface area contributed by atoms with Crippen LogP contribution in [0.3, 0.4) is 0 Å². The van der Waals surface area contributed by atoms with Gasteiger partial charge in [-0.15, -0.1) is 0 Å². The summed E-state index contributed by atoms with van der Waals surface area (Å²) in [6.45, 7) is 3.59. The second-order valence-corrected chi connectivity index (χ2v) is 8.05. The van der Waals surface area contributed by atoms with Crippen LogP contribution in [0.15, 0.2) is 43.0 Å². The van der Waals surface area contributed by atoms with Crippen LogP contribution < -0.4 is 4.74 Å². The van der Waals surface area contributed by atoms with Crippen LogP contribution in [0.1, 0.15) is 20.1 Å². The first kappa shape index (κ1) is 20.1. The molecule has 4 heterocycles. The van der Waals surface area contributed by atoms with E-state index in [1.54, 1.807) is 35.2 Å². The molecule has 2 aliphatic rings. The second kappa shape index (κ2) is 7.68. The molecule has 0 spiro atoms. The topological polar surface area (TPSA) is 110 Å². The first-order valence-corrected chi connectivity index (χ1v) is 10.1. The van der Waals surface area contributed by atoms with Gasteiger partial charge in [0.25, 0.3) is 0 Å². The lowest BCUT2D eigenvalue weighted by atomic mass is 10.1. The largest absolute Gasteiger partial charge is 0.513 e. The highest BCUT2D eigenvalue weighted by Gasteiger charge is 2.56. The van der Waals surface area contributed by atoms with Crippen molar-refractivity contribution in [3.8, 4) is 5.75 Å². The van der Waals surface area contributed by atoms with Crippen LogP contribution in [-0.2, 0) is 18.9 Å². The fourth-order valence-corrected chi connectivity index (χ4v) is 4.05. The molecule has 5 rings (SSSR count). The first-order valence-electron chi connectivity index (χ1n) is 9.72. The predicted molar refractivity (Wildman–Crippen MR) is 109 cm³/mol. The van der Waals surface area contributed by atoms with Gasteiger partial charge in [0, 0.05) is 0 Å². The number of nitrogens with zero attached hydrogens (tertiary/aromatic N) is 3. The van der Waals surface area contributed by atoms with Crippen molar-refractivity contribution in [3.05, 3.63) is 47.6 Å². The average molecular weight is 444 g/mol. The zero-order valence-electron chi connectivity index (χ0n) is 16.8. The van der Waals surface area contributed by atoms with Gasteiger partial charge < -0.3 is 28.7 Å². The van der Waals surface area contributed by atoms with Gasteiger partial charge in [0.05, 0.1) is 12.7 Å². The third-order valence-electron chi connectivity index (χ3n) is 5.09. The zero-order chi connectivity index (χ0) is 21.6. The Morgan fingerprint density at radius 1 is 1.23 bits per heavy atom. The van der Waals surface area contributed by atoms with Gasteiger partial charge in [-0.3, -0.25) is 4.57 Å². The van der Waals surface area contributed by atoms with Gasteiger partial charge in [-0.25, -0.2) is 14.8 Å². The SMILES string of the molecule is CC1(C)OC2C(COC(=O)Oc3ccccc3)OC(n3cnc4c(=S)nc[nH]c43)C2O1. The number of para-hydroxylation sites is 1.